The van der Waals surface area contributed by atoms with Crippen molar-refractivity contribution in [3.63, 3.8) is 0 Å². The number of nitrogens with zero attached hydrogens (tertiary/aromatic N) is 1. The van der Waals surface area contributed by atoms with Crippen molar-refractivity contribution in [2.24, 2.45) is 0 Å². The van der Waals surface area contributed by atoms with E-state index in [1.165, 1.54) is 0 Å². The monoisotopic (exact) mass is 337 g/mol. The van der Waals surface area contributed by atoms with Gasteiger partial charge in [0, 0.05) is 5.69 Å². The first kappa shape index (κ1) is 17.3. The molecule has 0 radical (unpaired) electrons. The quantitative estimate of drug-likeness (QED) is 0.747. The molecule has 0 bridgehead atoms. The Morgan fingerprint density at radius 2 is 2.09 bits per heavy atom. The summed E-state index contributed by atoms with van der Waals surface area (Å²) in [5, 5.41) is 15.9. The number of hydrogen-bond donors (Lipinski definition) is 3. The predicted octanol–water partition coefficient (Wildman–Crippen LogP) is 3.28. The lowest BCUT2D eigenvalue weighted by atomic mass is 10.0. The first-order chi connectivity index (χ1) is 10.7. The maximum atomic E-state index is 12.0. The highest BCUT2D eigenvalue weighted by Gasteiger charge is 2.27. The number of rotatable bonds is 4. The second-order valence-electron chi connectivity index (χ2n) is 5.74. The number of carbonyl (C=O) groups excluding carboxylic acids is 1. The Bertz CT molecular complexity index is 702. The molecule has 2 amide bonds. The molecule has 1 atom stereocenters. The number of urea groups is 1. The van der Waals surface area contributed by atoms with Crippen LogP contribution in [0.5, 0.6) is 0 Å². The van der Waals surface area contributed by atoms with Crippen molar-refractivity contribution < 1.29 is 14.3 Å². The van der Waals surface area contributed by atoms with Gasteiger partial charge in [0.05, 0.1) is 12.2 Å². The number of aryl methyl sites for hydroxylation is 3. The molecule has 0 aliphatic heterocycles. The Kier molecular flexibility index (Phi) is 4.97. The summed E-state index contributed by atoms with van der Waals surface area (Å²) in [6.45, 7) is 7.00. The zero-order chi connectivity index (χ0) is 17.2. The molecule has 23 heavy (non-hydrogen) atoms. The van der Waals surface area contributed by atoms with Crippen molar-refractivity contribution in [2.45, 2.75) is 33.3 Å². The van der Waals surface area contributed by atoms with Gasteiger partial charge >= 0.3 is 6.03 Å². The molecule has 3 N–H and O–H groups in total. The van der Waals surface area contributed by atoms with Crippen molar-refractivity contribution in [3.05, 3.63) is 46.1 Å². The van der Waals surface area contributed by atoms with Crippen LogP contribution in [-0.2, 0) is 5.60 Å². The first-order valence-corrected chi connectivity index (χ1v) is 7.55. The Morgan fingerprint density at radius 1 is 1.39 bits per heavy atom. The van der Waals surface area contributed by atoms with Crippen LogP contribution in [0.4, 0.5) is 10.5 Å². The zero-order valence-corrected chi connectivity index (χ0v) is 14.3. The SMILES string of the molecule is Cc1cc(C)c(NC(=O)NCC(C)(O)c2ccc(C)o2)c(Cl)n1. The molecule has 124 valence electrons. The molecule has 2 aromatic heterocycles. The smallest absolute Gasteiger partial charge is 0.319 e. The maximum absolute atomic E-state index is 12.0. The molecule has 0 aliphatic rings. The van der Waals surface area contributed by atoms with E-state index in [-0.39, 0.29) is 11.7 Å². The van der Waals surface area contributed by atoms with E-state index in [1.54, 1.807) is 26.0 Å². The average Bonchev–Trinajstić information content (AvgIpc) is 2.88. The van der Waals surface area contributed by atoms with Crippen LogP contribution in [0.25, 0.3) is 0 Å². The van der Waals surface area contributed by atoms with Gasteiger partial charge in [-0.25, -0.2) is 9.78 Å². The fraction of sp³-hybridized carbons (Fsp3) is 0.375. The number of halogens is 1. The van der Waals surface area contributed by atoms with Gasteiger partial charge in [0.25, 0.3) is 0 Å². The second-order valence-corrected chi connectivity index (χ2v) is 6.10. The summed E-state index contributed by atoms with van der Waals surface area (Å²) in [5.74, 6) is 1.08. The van der Waals surface area contributed by atoms with Crippen molar-refractivity contribution in [1.29, 1.82) is 0 Å². The maximum Gasteiger partial charge on any atom is 0.319 e. The molecule has 1 unspecified atom stereocenters. The number of aliphatic hydroxyl groups is 1. The van der Waals surface area contributed by atoms with Crippen LogP contribution in [0, 0.1) is 20.8 Å². The average molecular weight is 338 g/mol. The molecule has 0 fully saturated rings. The van der Waals surface area contributed by atoms with Gasteiger partial charge in [0.1, 0.15) is 17.1 Å². The molecule has 7 heteroatoms. The molecule has 6 nitrogen and oxygen atoms in total. The van der Waals surface area contributed by atoms with Crippen molar-refractivity contribution in [3.8, 4) is 0 Å². The van der Waals surface area contributed by atoms with E-state index in [1.807, 2.05) is 19.9 Å². The minimum absolute atomic E-state index is 0.0122. The van der Waals surface area contributed by atoms with E-state index in [2.05, 4.69) is 15.6 Å². The highest BCUT2D eigenvalue weighted by atomic mass is 35.5. The Morgan fingerprint density at radius 3 is 2.65 bits per heavy atom. The summed E-state index contributed by atoms with van der Waals surface area (Å²) in [4.78, 5) is 16.1. The highest BCUT2D eigenvalue weighted by molar-refractivity contribution is 6.32. The summed E-state index contributed by atoms with van der Waals surface area (Å²) in [6, 6.07) is 4.78. The normalized spacial score (nSPS) is 13.5. The van der Waals surface area contributed by atoms with Gasteiger partial charge in [0.2, 0.25) is 0 Å². The summed E-state index contributed by atoms with van der Waals surface area (Å²) < 4.78 is 5.40. The molecule has 0 aromatic carbocycles. The van der Waals surface area contributed by atoms with Crippen LogP contribution in [0.3, 0.4) is 0 Å². The van der Waals surface area contributed by atoms with Gasteiger partial charge in [0.15, 0.2) is 5.15 Å². The van der Waals surface area contributed by atoms with Gasteiger partial charge in [-0.05, 0) is 51.5 Å². The molecule has 2 rings (SSSR count). The van der Waals surface area contributed by atoms with Gasteiger partial charge in [-0.1, -0.05) is 11.6 Å². The largest absolute Gasteiger partial charge is 0.463 e. The van der Waals surface area contributed by atoms with E-state index in [4.69, 9.17) is 16.0 Å². The third-order valence-electron chi connectivity index (χ3n) is 3.40. The first-order valence-electron chi connectivity index (χ1n) is 7.17. The van der Waals surface area contributed by atoms with Crippen LogP contribution >= 0.6 is 11.6 Å². The van der Waals surface area contributed by atoms with Gasteiger partial charge in [-0.3, -0.25) is 0 Å². The summed E-state index contributed by atoms with van der Waals surface area (Å²) in [7, 11) is 0. The zero-order valence-electron chi connectivity index (χ0n) is 13.5. The third kappa shape index (κ3) is 4.24. The number of furan rings is 1. The molecule has 2 aromatic rings. The Hall–Kier alpha value is -2.05. The van der Waals surface area contributed by atoms with E-state index in [9.17, 15) is 9.90 Å². The molecular formula is C16H20ClN3O3. The summed E-state index contributed by atoms with van der Waals surface area (Å²) >= 11 is 6.05. The van der Waals surface area contributed by atoms with E-state index >= 15 is 0 Å². The Labute approximate surface area is 139 Å². The summed E-state index contributed by atoms with van der Waals surface area (Å²) in [5.41, 5.74) is 0.722. The van der Waals surface area contributed by atoms with Gasteiger partial charge in [-0.2, -0.15) is 0 Å². The fourth-order valence-electron chi connectivity index (χ4n) is 2.16. The predicted molar refractivity (Wildman–Crippen MR) is 88.8 cm³/mol. The Balaban J connectivity index is 2.01. The minimum atomic E-state index is -1.31. The molecule has 2 heterocycles. The molecule has 0 aliphatic carbocycles. The number of carbonyl (C=O) groups is 1. The lowest BCUT2D eigenvalue weighted by Gasteiger charge is -2.21. The van der Waals surface area contributed by atoms with Crippen LogP contribution in [0.15, 0.2) is 22.6 Å². The van der Waals surface area contributed by atoms with Crippen molar-refractivity contribution in [1.82, 2.24) is 10.3 Å². The number of nitrogens with one attached hydrogen (secondary N) is 2. The molecule has 0 saturated heterocycles. The van der Waals surface area contributed by atoms with E-state index in [0.29, 0.717) is 17.2 Å². The lowest BCUT2D eigenvalue weighted by Crippen LogP contribution is -2.40. The third-order valence-corrected chi connectivity index (χ3v) is 3.68. The number of hydrogen-bond acceptors (Lipinski definition) is 4. The number of aromatic nitrogens is 1. The molecule has 0 spiro atoms. The van der Waals surface area contributed by atoms with Crippen molar-refractivity contribution >= 4 is 23.3 Å². The topological polar surface area (TPSA) is 87.4 Å². The van der Waals surface area contributed by atoms with E-state index in [0.717, 1.165) is 11.3 Å². The number of pyridine rings is 1. The van der Waals surface area contributed by atoms with Gasteiger partial charge < -0.3 is 20.2 Å². The molecular weight excluding hydrogens is 318 g/mol. The number of anilines is 1. The van der Waals surface area contributed by atoms with Crippen molar-refractivity contribution in [2.75, 3.05) is 11.9 Å². The van der Waals surface area contributed by atoms with Crippen LogP contribution in [-0.4, -0.2) is 22.7 Å². The summed E-state index contributed by atoms with van der Waals surface area (Å²) in [6.07, 6.45) is 0. The van der Waals surface area contributed by atoms with Crippen LogP contribution < -0.4 is 10.6 Å². The standard InChI is InChI=1S/C16H20ClN3O3/c1-9-7-10(2)19-14(17)13(9)20-15(21)18-8-16(4,22)12-6-5-11(3)23-12/h5-7,22H,8H2,1-4H3,(H2,18,20,21). The lowest BCUT2D eigenvalue weighted by molar-refractivity contribution is 0.0364. The molecule has 0 saturated carbocycles. The van der Waals surface area contributed by atoms with E-state index < -0.39 is 11.6 Å². The number of amides is 2. The van der Waals surface area contributed by atoms with Gasteiger partial charge in [-0.15, -0.1) is 0 Å². The highest BCUT2D eigenvalue weighted by Crippen LogP contribution is 2.25. The second kappa shape index (κ2) is 6.60. The van der Waals surface area contributed by atoms with Crippen LogP contribution in [0.2, 0.25) is 5.15 Å². The minimum Gasteiger partial charge on any atom is -0.463 e. The van der Waals surface area contributed by atoms with Crippen LogP contribution in [0.1, 0.15) is 29.7 Å². The fourth-order valence-corrected chi connectivity index (χ4v) is 2.49.